The van der Waals surface area contributed by atoms with Crippen molar-refractivity contribution in [3.05, 3.63) is 65.5 Å². The monoisotopic (exact) mass is 419 g/mol. The van der Waals surface area contributed by atoms with Gasteiger partial charge in [0.2, 0.25) is 11.8 Å². The molecule has 0 saturated carbocycles. The number of hydrogen-bond donors (Lipinski definition) is 3. The molecule has 4 aromatic rings. The van der Waals surface area contributed by atoms with Crippen molar-refractivity contribution < 1.29 is 18.7 Å². The molecule has 3 aromatic heterocycles. The zero-order valence-electron chi connectivity index (χ0n) is 16.1. The van der Waals surface area contributed by atoms with Gasteiger partial charge >= 0.3 is 5.97 Å². The third kappa shape index (κ3) is 2.99. The molecule has 156 valence electrons. The molecular formula is C20H17N7O4. The summed E-state index contributed by atoms with van der Waals surface area (Å²) in [5, 5.41) is 7.17. The molecule has 5 rings (SSSR count). The van der Waals surface area contributed by atoms with Gasteiger partial charge in [0.05, 0.1) is 6.26 Å². The fourth-order valence-electron chi connectivity index (χ4n) is 3.63. The standard InChI is InChI=1S/C20H17N7O4/c21-18(29)20(12-5-2-1-4-11(12)7-8-23-20)31-17(28)13-10-15-25-16(14-6-3-9-30-14)26-27(15)19(22)24-13/h1-6,9-10,23H,7-8H2,(H2,21,29)(H2,22,24). The molecule has 11 nitrogen and oxygen atoms in total. The van der Waals surface area contributed by atoms with Crippen LogP contribution in [0.25, 0.3) is 17.2 Å². The van der Waals surface area contributed by atoms with Gasteiger partial charge in [0, 0.05) is 18.2 Å². The fourth-order valence-corrected chi connectivity index (χ4v) is 3.63. The SMILES string of the molecule is NC(=O)C1(OC(=O)c2cc3nc(-c4ccco4)nn3c(N)n2)NCCc2ccccc21. The summed E-state index contributed by atoms with van der Waals surface area (Å²) in [7, 11) is 0. The summed E-state index contributed by atoms with van der Waals surface area (Å²) in [6, 6.07) is 11.9. The summed E-state index contributed by atoms with van der Waals surface area (Å²) in [5.74, 6) is -1.10. The van der Waals surface area contributed by atoms with Gasteiger partial charge < -0.3 is 20.6 Å². The number of primary amides is 1. The Morgan fingerprint density at radius 1 is 1.19 bits per heavy atom. The second kappa shape index (κ2) is 6.92. The lowest BCUT2D eigenvalue weighted by Crippen LogP contribution is -2.58. The average Bonchev–Trinajstić information content (AvgIpc) is 3.43. The van der Waals surface area contributed by atoms with E-state index in [1.807, 2.05) is 12.1 Å². The molecule has 0 saturated heterocycles. The topological polar surface area (TPSA) is 164 Å². The van der Waals surface area contributed by atoms with Crippen molar-refractivity contribution >= 4 is 23.5 Å². The van der Waals surface area contributed by atoms with Crippen molar-refractivity contribution in [3.8, 4) is 11.6 Å². The van der Waals surface area contributed by atoms with E-state index in [-0.39, 0.29) is 23.1 Å². The van der Waals surface area contributed by atoms with Crippen LogP contribution in [0.3, 0.4) is 0 Å². The summed E-state index contributed by atoms with van der Waals surface area (Å²) in [6.07, 6.45) is 2.15. The number of esters is 1. The van der Waals surface area contributed by atoms with Gasteiger partial charge in [0.25, 0.3) is 11.6 Å². The summed E-state index contributed by atoms with van der Waals surface area (Å²) < 4.78 is 12.2. The van der Waals surface area contributed by atoms with E-state index in [2.05, 4.69) is 20.4 Å². The van der Waals surface area contributed by atoms with Crippen LogP contribution in [0.1, 0.15) is 21.6 Å². The molecule has 31 heavy (non-hydrogen) atoms. The number of furan rings is 1. The molecule has 1 unspecified atom stereocenters. The van der Waals surface area contributed by atoms with E-state index < -0.39 is 17.6 Å². The van der Waals surface area contributed by atoms with Crippen LogP contribution < -0.4 is 16.8 Å². The number of nitrogens with one attached hydrogen (secondary N) is 1. The van der Waals surface area contributed by atoms with E-state index in [0.717, 1.165) is 5.56 Å². The molecule has 4 heterocycles. The van der Waals surface area contributed by atoms with Crippen LogP contribution in [0, 0.1) is 0 Å². The Kier molecular flexibility index (Phi) is 4.19. The van der Waals surface area contributed by atoms with Gasteiger partial charge in [-0.3, -0.25) is 10.1 Å². The number of ether oxygens (including phenoxy) is 1. The molecule has 1 aromatic carbocycles. The van der Waals surface area contributed by atoms with E-state index in [4.69, 9.17) is 20.6 Å². The van der Waals surface area contributed by atoms with E-state index in [9.17, 15) is 9.59 Å². The Hall–Kier alpha value is -4.25. The first-order valence-corrected chi connectivity index (χ1v) is 9.42. The Bertz CT molecular complexity index is 1310. The molecule has 1 aliphatic heterocycles. The van der Waals surface area contributed by atoms with Gasteiger partial charge in [-0.2, -0.15) is 4.52 Å². The summed E-state index contributed by atoms with van der Waals surface area (Å²) in [5.41, 5.74) is 11.3. The maximum absolute atomic E-state index is 13.0. The summed E-state index contributed by atoms with van der Waals surface area (Å²) >= 11 is 0. The molecule has 1 aliphatic rings. The van der Waals surface area contributed by atoms with Gasteiger partial charge in [-0.05, 0) is 24.1 Å². The third-order valence-corrected chi connectivity index (χ3v) is 5.06. The van der Waals surface area contributed by atoms with Gasteiger partial charge in [0.1, 0.15) is 0 Å². The zero-order chi connectivity index (χ0) is 21.6. The van der Waals surface area contributed by atoms with Crippen molar-refractivity contribution in [1.29, 1.82) is 0 Å². The maximum Gasteiger partial charge on any atom is 0.359 e. The van der Waals surface area contributed by atoms with Crippen LogP contribution in [0.5, 0.6) is 0 Å². The first-order chi connectivity index (χ1) is 15.0. The average molecular weight is 419 g/mol. The van der Waals surface area contributed by atoms with Crippen molar-refractivity contribution in [2.45, 2.75) is 12.1 Å². The van der Waals surface area contributed by atoms with Gasteiger partial charge in [-0.1, -0.05) is 24.3 Å². The zero-order valence-corrected chi connectivity index (χ0v) is 16.1. The number of anilines is 1. The largest absolute Gasteiger partial charge is 0.461 e. The van der Waals surface area contributed by atoms with Gasteiger partial charge in [-0.15, -0.1) is 5.10 Å². The van der Waals surface area contributed by atoms with E-state index in [1.54, 1.807) is 24.3 Å². The van der Waals surface area contributed by atoms with Crippen LogP contribution in [-0.2, 0) is 21.7 Å². The van der Waals surface area contributed by atoms with Gasteiger partial charge in [-0.25, -0.2) is 14.8 Å². The Morgan fingerprint density at radius 3 is 2.81 bits per heavy atom. The minimum Gasteiger partial charge on any atom is -0.461 e. The number of amides is 1. The van der Waals surface area contributed by atoms with Crippen LogP contribution >= 0.6 is 0 Å². The van der Waals surface area contributed by atoms with Crippen molar-refractivity contribution in [1.82, 2.24) is 24.9 Å². The first-order valence-electron chi connectivity index (χ1n) is 9.42. The number of benzene rings is 1. The highest BCUT2D eigenvalue weighted by atomic mass is 16.6. The smallest absolute Gasteiger partial charge is 0.359 e. The van der Waals surface area contributed by atoms with Crippen LogP contribution in [0.2, 0.25) is 0 Å². The second-order valence-electron chi connectivity index (χ2n) is 6.95. The number of fused-ring (bicyclic) bond motifs is 2. The lowest BCUT2D eigenvalue weighted by atomic mass is 9.90. The highest BCUT2D eigenvalue weighted by Crippen LogP contribution is 2.31. The van der Waals surface area contributed by atoms with Crippen molar-refractivity contribution in [2.24, 2.45) is 5.73 Å². The second-order valence-corrected chi connectivity index (χ2v) is 6.95. The minimum absolute atomic E-state index is 0.0834. The number of carbonyl (C=O) groups is 2. The summed E-state index contributed by atoms with van der Waals surface area (Å²) in [6.45, 7) is 0.401. The minimum atomic E-state index is -1.82. The number of aromatic nitrogens is 4. The molecule has 1 atom stereocenters. The maximum atomic E-state index is 13.0. The number of nitrogens with two attached hydrogens (primary N) is 2. The molecule has 11 heteroatoms. The number of nitrogens with zero attached hydrogens (tertiary/aromatic N) is 4. The van der Waals surface area contributed by atoms with E-state index in [0.29, 0.717) is 24.3 Å². The normalized spacial score (nSPS) is 17.9. The van der Waals surface area contributed by atoms with E-state index >= 15 is 0 Å². The van der Waals surface area contributed by atoms with Crippen LogP contribution in [0.4, 0.5) is 5.95 Å². The Balaban J connectivity index is 1.53. The Labute approximate surface area is 175 Å². The highest BCUT2D eigenvalue weighted by molar-refractivity contribution is 5.94. The van der Waals surface area contributed by atoms with Gasteiger partial charge in [0.15, 0.2) is 17.1 Å². The third-order valence-electron chi connectivity index (χ3n) is 5.06. The Morgan fingerprint density at radius 2 is 2.03 bits per heavy atom. The number of rotatable bonds is 4. The molecule has 0 radical (unpaired) electrons. The number of hydrogen-bond acceptors (Lipinski definition) is 9. The number of carbonyl (C=O) groups excluding carboxylic acids is 2. The number of nitrogen functional groups attached to an aromatic ring is 1. The fraction of sp³-hybridized carbons (Fsp3) is 0.150. The first kappa shape index (κ1) is 18.8. The lowest BCUT2D eigenvalue weighted by Gasteiger charge is -2.36. The molecule has 1 amide bonds. The van der Waals surface area contributed by atoms with Crippen molar-refractivity contribution in [2.75, 3.05) is 12.3 Å². The van der Waals surface area contributed by atoms with E-state index in [1.165, 1.54) is 16.8 Å². The molecule has 0 bridgehead atoms. The molecule has 5 N–H and O–H groups in total. The predicted molar refractivity (Wildman–Crippen MR) is 107 cm³/mol. The van der Waals surface area contributed by atoms with Crippen LogP contribution in [-0.4, -0.2) is 38.0 Å². The lowest BCUT2D eigenvalue weighted by molar-refractivity contribution is -0.143. The van der Waals surface area contributed by atoms with Crippen LogP contribution in [0.15, 0.2) is 53.1 Å². The molecule has 0 spiro atoms. The molecule has 0 aliphatic carbocycles. The predicted octanol–water partition coefficient (Wildman–Crippen LogP) is 0.607. The van der Waals surface area contributed by atoms with Crippen molar-refractivity contribution in [3.63, 3.8) is 0 Å². The molecule has 0 fully saturated rings. The quantitative estimate of drug-likeness (QED) is 0.402. The summed E-state index contributed by atoms with van der Waals surface area (Å²) in [4.78, 5) is 33.8. The highest BCUT2D eigenvalue weighted by Gasteiger charge is 2.46. The molecular weight excluding hydrogens is 402 g/mol.